The summed E-state index contributed by atoms with van der Waals surface area (Å²) in [6.45, 7) is 5.79. The van der Waals surface area contributed by atoms with Crippen LogP contribution in [0.5, 0.6) is 0 Å². The molecule has 2 nitrogen and oxygen atoms in total. The lowest BCUT2D eigenvalue weighted by Crippen LogP contribution is -2.22. The van der Waals surface area contributed by atoms with Gasteiger partial charge in [-0.3, -0.25) is 4.79 Å². The first-order valence-electron chi connectivity index (χ1n) is 5.57. The van der Waals surface area contributed by atoms with Crippen molar-refractivity contribution in [2.24, 2.45) is 5.41 Å². The predicted molar refractivity (Wildman–Crippen MR) is 69.4 cm³/mol. The monoisotopic (exact) mass is 250 g/mol. The van der Waals surface area contributed by atoms with Crippen LogP contribution in [-0.4, -0.2) is 5.78 Å². The Balaban J connectivity index is 2.41. The Morgan fingerprint density at radius 1 is 1.29 bits per heavy atom. The molecule has 1 heterocycles. The van der Waals surface area contributed by atoms with Gasteiger partial charge in [0.15, 0.2) is 5.58 Å². The molecule has 2 aromatic rings. The van der Waals surface area contributed by atoms with Crippen LogP contribution < -0.4 is 0 Å². The molecule has 0 amide bonds. The van der Waals surface area contributed by atoms with Crippen molar-refractivity contribution < 1.29 is 9.21 Å². The number of benzene rings is 1. The SMILES string of the molecule is CC(C)(C)C(=O)Cc1ccc(Cl)c2occc12. The fourth-order valence-electron chi connectivity index (χ4n) is 1.68. The van der Waals surface area contributed by atoms with Gasteiger partial charge in [-0.05, 0) is 17.7 Å². The smallest absolute Gasteiger partial charge is 0.152 e. The fourth-order valence-corrected chi connectivity index (χ4v) is 1.89. The van der Waals surface area contributed by atoms with E-state index in [1.807, 2.05) is 32.9 Å². The van der Waals surface area contributed by atoms with Gasteiger partial charge in [-0.25, -0.2) is 0 Å². The van der Waals surface area contributed by atoms with Gasteiger partial charge < -0.3 is 4.42 Å². The molecule has 0 spiro atoms. The van der Waals surface area contributed by atoms with Gasteiger partial charge in [-0.2, -0.15) is 0 Å². The normalized spacial score (nSPS) is 12.0. The lowest BCUT2D eigenvalue weighted by molar-refractivity contribution is -0.125. The summed E-state index contributed by atoms with van der Waals surface area (Å²) in [5.41, 5.74) is 1.30. The van der Waals surface area contributed by atoms with Gasteiger partial charge in [-0.15, -0.1) is 0 Å². The van der Waals surface area contributed by atoms with E-state index >= 15 is 0 Å². The molecule has 2 rings (SSSR count). The average molecular weight is 251 g/mol. The van der Waals surface area contributed by atoms with Gasteiger partial charge >= 0.3 is 0 Å². The molecule has 0 unspecified atom stereocenters. The summed E-state index contributed by atoms with van der Waals surface area (Å²) in [7, 11) is 0. The van der Waals surface area contributed by atoms with Crippen molar-refractivity contribution in [3.05, 3.63) is 35.0 Å². The summed E-state index contributed by atoms with van der Waals surface area (Å²) < 4.78 is 5.31. The first kappa shape index (κ1) is 12.2. The van der Waals surface area contributed by atoms with Crippen molar-refractivity contribution in [3.63, 3.8) is 0 Å². The molecular weight excluding hydrogens is 236 g/mol. The number of hydrogen-bond acceptors (Lipinski definition) is 2. The van der Waals surface area contributed by atoms with E-state index < -0.39 is 0 Å². The molecule has 90 valence electrons. The number of hydrogen-bond donors (Lipinski definition) is 0. The summed E-state index contributed by atoms with van der Waals surface area (Å²) in [5.74, 6) is 0.210. The maximum Gasteiger partial charge on any atom is 0.152 e. The van der Waals surface area contributed by atoms with Crippen LogP contribution in [0.3, 0.4) is 0 Å². The molecule has 0 saturated carbocycles. The Kier molecular flexibility index (Phi) is 3.00. The first-order chi connectivity index (χ1) is 7.89. The Morgan fingerprint density at radius 3 is 2.65 bits per heavy atom. The van der Waals surface area contributed by atoms with Crippen LogP contribution in [0, 0.1) is 5.41 Å². The van der Waals surface area contributed by atoms with Crippen LogP contribution in [0.15, 0.2) is 28.9 Å². The molecule has 0 N–H and O–H groups in total. The van der Waals surface area contributed by atoms with E-state index in [2.05, 4.69) is 0 Å². The minimum Gasteiger partial charge on any atom is -0.463 e. The summed E-state index contributed by atoms with van der Waals surface area (Å²) in [4.78, 5) is 12.0. The second-order valence-electron chi connectivity index (χ2n) is 5.22. The number of rotatable bonds is 2. The molecule has 0 aliphatic heterocycles. The average Bonchev–Trinajstić information content (AvgIpc) is 2.70. The van der Waals surface area contributed by atoms with Gasteiger partial charge in [0.05, 0.1) is 11.3 Å². The number of furan rings is 1. The molecule has 0 atom stereocenters. The molecule has 0 radical (unpaired) electrons. The second kappa shape index (κ2) is 4.19. The molecular formula is C14H15ClO2. The van der Waals surface area contributed by atoms with Crippen molar-refractivity contribution in [1.29, 1.82) is 0 Å². The molecule has 0 aliphatic rings. The maximum atomic E-state index is 12.0. The van der Waals surface area contributed by atoms with E-state index in [1.54, 1.807) is 12.3 Å². The largest absolute Gasteiger partial charge is 0.463 e. The van der Waals surface area contributed by atoms with Crippen molar-refractivity contribution in [2.45, 2.75) is 27.2 Å². The molecule has 0 fully saturated rings. The predicted octanol–water partition coefficient (Wildman–Crippen LogP) is 4.24. The zero-order valence-corrected chi connectivity index (χ0v) is 11.0. The van der Waals surface area contributed by atoms with Crippen LogP contribution in [-0.2, 0) is 11.2 Å². The Bertz CT molecular complexity index is 561. The lowest BCUT2D eigenvalue weighted by Gasteiger charge is -2.16. The highest BCUT2D eigenvalue weighted by atomic mass is 35.5. The molecule has 3 heteroatoms. The number of halogens is 1. The van der Waals surface area contributed by atoms with Gasteiger partial charge in [0.2, 0.25) is 0 Å². The quantitative estimate of drug-likeness (QED) is 0.798. The third kappa shape index (κ3) is 2.37. The van der Waals surface area contributed by atoms with Crippen molar-refractivity contribution in [1.82, 2.24) is 0 Å². The summed E-state index contributed by atoms with van der Waals surface area (Å²) in [6, 6.07) is 5.52. The zero-order chi connectivity index (χ0) is 12.6. The van der Waals surface area contributed by atoms with Crippen molar-refractivity contribution in [2.75, 3.05) is 0 Å². The minimum atomic E-state index is -0.324. The van der Waals surface area contributed by atoms with E-state index in [9.17, 15) is 4.79 Å². The Morgan fingerprint density at radius 2 is 2.00 bits per heavy atom. The number of fused-ring (bicyclic) bond motifs is 1. The number of carbonyl (C=O) groups excluding carboxylic acids is 1. The second-order valence-corrected chi connectivity index (χ2v) is 5.63. The Hall–Kier alpha value is -1.28. The van der Waals surface area contributed by atoms with E-state index in [0.717, 1.165) is 10.9 Å². The van der Waals surface area contributed by atoms with Gasteiger partial charge in [0.25, 0.3) is 0 Å². The van der Waals surface area contributed by atoms with Crippen LogP contribution in [0.4, 0.5) is 0 Å². The van der Waals surface area contributed by atoms with Gasteiger partial charge in [-0.1, -0.05) is 38.4 Å². The van der Waals surface area contributed by atoms with E-state index in [-0.39, 0.29) is 11.2 Å². The molecule has 0 saturated heterocycles. The number of Topliss-reactive ketones (excluding diaryl/α,β-unsaturated/α-hetero) is 1. The van der Waals surface area contributed by atoms with E-state index in [1.165, 1.54) is 0 Å². The van der Waals surface area contributed by atoms with Crippen LogP contribution >= 0.6 is 11.6 Å². The standard InChI is InChI=1S/C14H15ClO2/c1-14(2,3)12(16)8-9-4-5-11(15)13-10(9)6-7-17-13/h4-7H,8H2,1-3H3. The molecule has 1 aromatic heterocycles. The number of ketones is 1. The van der Waals surface area contributed by atoms with Gasteiger partial charge in [0.1, 0.15) is 5.78 Å². The fraction of sp³-hybridized carbons (Fsp3) is 0.357. The van der Waals surface area contributed by atoms with E-state index in [0.29, 0.717) is 17.0 Å². The zero-order valence-electron chi connectivity index (χ0n) is 10.2. The third-order valence-electron chi connectivity index (χ3n) is 2.85. The van der Waals surface area contributed by atoms with Crippen LogP contribution in [0.2, 0.25) is 5.02 Å². The topological polar surface area (TPSA) is 30.2 Å². The maximum absolute atomic E-state index is 12.0. The highest BCUT2D eigenvalue weighted by Gasteiger charge is 2.22. The summed E-state index contributed by atoms with van der Waals surface area (Å²) in [6.07, 6.45) is 2.01. The highest BCUT2D eigenvalue weighted by molar-refractivity contribution is 6.35. The first-order valence-corrected chi connectivity index (χ1v) is 5.95. The van der Waals surface area contributed by atoms with E-state index in [4.69, 9.17) is 16.0 Å². The molecule has 17 heavy (non-hydrogen) atoms. The molecule has 0 aliphatic carbocycles. The van der Waals surface area contributed by atoms with Gasteiger partial charge in [0, 0.05) is 17.2 Å². The molecule has 1 aromatic carbocycles. The van der Waals surface area contributed by atoms with Crippen LogP contribution in [0.1, 0.15) is 26.3 Å². The summed E-state index contributed by atoms with van der Waals surface area (Å²) >= 11 is 6.02. The Labute approximate surface area is 106 Å². The third-order valence-corrected chi connectivity index (χ3v) is 3.14. The minimum absolute atomic E-state index is 0.210. The lowest BCUT2D eigenvalue weighted by atomic mass is 9.86. The number of carbonyl (C=O) groups is 1. The molecule has 0 bridgehead atoms. The summed E-state index contributed by atoms with van der Waals surface area (Å²) in [5, 5.41) is 1.51. The van der Waals surface area contributed by atoms with Crippen molar-refractivity contribution in [3.8, 4) is 0 Å². The van der Waals surface area contributed by atoms with Crippen molar-refractivity contribution >= 4 is 28.4 Å². The highest BCUT2D eigenvalue weighted by Crippen LogP contribution is 2.29. The van der Waals surface area contributed by atoms with Crippen LogP contribution in [0.25, 0.3) is 11.0 Å².